The molecule has 2 heterocycles. The number of amides is 3. The molecule has 2 aromatic rings. The molecule has 8 heteroatoms. The molecule has 0 aliphatic carbocycles. The van der Waals surface area contributed by atoms with Gasteiger partial charge in [0.25, 0.3) is 11.1 Å². The molecule has 0 radical (unpaired) electrons. The van der Waals surface area contributed by atoms with Gasteiger partial charge in [-0.2, -0.15) is 0 Å². The highest BCUT2D eigenvalue weighted by molar-refractivity contribution is 8.18. The van der Waals surface area contributed by atoms with Crippen molar-refractivity contribution in [1.82, 2.24) is 9.88 Å². The number of carbonyl (C=O) groups is 3. The molecule has 0 unspecified atom stereocenters. The van der Waals surface area contributed by atoms with E-state index in [4.69, 9.17) is 0 Å². The van der Waals surface area contributed by atoms with Crippen molar-refractivity contribution in [3.05, 3.63) is 65.1 Å². The summed E-state index contributed by atoms with van der Waals surface area (Å²) in [6.45, 7) is -0.407. The van der Waals surface area contributed by atoms with Crippen molar-refractivity contribution < 1.29 is 18.8 Å². The van der Waals surface area contributed by atoms with Gasteiger partial charge in [0.1, 0.15) is 12.4 Å². The third kappa shape index (κ3) is 4.10. The van der Waals surface area contributed by atoms with Gasteiger partial charge < -0.3 is 5.32 Å². The number of carbonyl (C=O) groups excluding carboxylic acids is 3. The standard InChI is InChI=1S/C17H12FN3O3S/c18-12-1-3-13(4-2-12)20-15(22)10-21-16(23)14(25-17(21)24)9-11-5-7-19-8-6-11/h1-9H,10H2,(H,20,22)/b14-9+. The summed E-state index contributed by atoms with van der Waals surface area (Å²) in [5.74, 6) is -1.50. The van der Waals surface area contributed by atoms with Crippen molar-refractivity contribution in [2.24, 2.45) is 0 Å². The summed E-state index contributed by atoms with van der Waals surface area (Å²) in [7, 11) is 0. The van der Waals surface area contributed by atoms with Crippen LogP contribution in [0.25, 0.3) is 6.08 Å². The molecule has 3 amide bonds. The van der Waals surface area contributed by atoms with Crippen LogP contribution in [-0.2, 0) is 9.59 Å². The van der Waals surface area contributed by atoms with Crippen LogP contribution in [0, 0.1) is 5.82 Å². The first-order valence-electron chi connectivity index (χ1n) is 7.24. The molecule has 1 aromatic carbocycles. The van der Waals surface area contributed by atoms with Gasteiger partial charge in [-0.3, -0.25) is 24.3 Å². The van der Waals surface area contributed by atoms with Crippen LogP contribution in [0.5, 0.6) is 0 Å². The number of anilines is 1. The Hall–Kier alpha value is -3.00. The lowest BCUT2D eigenvalue weighted by molar-refractivity contribution is -0.127. The zero-order valence-corrected chi connectivity index (χ0v) is 13.6. The van der Waals surface area contributed by atoms with Gasteiger partial charge in [0.05, 0.1) is 4.91 Å². The lowest BCUT2D eigenvalue weighted by atomic mass is 10.2. The number of hydrogen-bond donors (Lipinski definition) is 1. The zero-order valence-electron chi connectivity index (χ0n) is 12.8. The normalized spacial score (nSPS) is 15.7. The maximum absolute atomic E-state index is 12.9. The van der Waals surface area contributed by atoms with E-state index in [1.165, 1.54) is 24.3 Å². The SMILES string of the molecule is O=C(CN1C(=O)S/C(=C/c2ccncc2)C1=O)Nc1ccc(F)cc1. The van der Waals surface area contributed by atoms with Gasteiger partial charge >= 0.3 is 0 Å². The van der Waals surface area contributed by atoms with Crippen molar-refractivity contribution in [1.29, 1.82) is 0 Å². The van der Waals surface area contributed by atoms with E-state index in [0.717, 1.165) is 22.2 Å². The minimum Gasteiger partial charge on any atom is -0.325 e. The molecule has 126 valence electrons. The Labute approximate surface area is 146 Å². The zero-order chi connectivity index (χ0) is 17.8. The molecule has 1 saturated heterocycles. The largest absolute Gasteiger partial charge is 0.325 e. The molecule has 0 spiro atoms. The van der Waals surface area contributed by atoms with E-state index in [2.05, 4.69) is 10.3 Å². The number of imide groups is 1. The fraction of sp³-hybridized carbons (Fsp3) is 0.0588. The van der Waals surface area contributed by atoms with Gasteiger partial charge in [0.15, 0.2) is 0 Å². The van der Waals surface area contributed by atoms with Gasteiger partial charge in [-0.1, -0.05) is 0 Å². The molecule has 6 nitrogen and oxygen atoms in total. The number of rotatable bonds is 4. The fourth-order valence-electron chi connectivity index (χ4n) is 2.12. The fourth-order valence-corrected chi connectivity index (χ4v) is 2.96. The topological polar surface area (TPSA) is 79.4 Å². The van der Waals surface area contributed by atoms with Crippen LogP contribution in [-0.4, -0.2) is 33.5 Å². The van der Waals surface area contributed by atoms with E-state index in [1.807, 2.05) is 0 Å². The predicted molar refractivity (Wildman–Crippen MR) is 91.9 cm³/mol. The Kier molecular flexibility index (Phi) is 4.90. The van der Waals surface area contributed by atoms with E-state index >= 15 is 0 Å². The quantitative estimate of drug-likeness (QED) is 0.851. The second-order valence-electron chi connectivity index (χ2n) is 5.10. The van der Waals surface area contributed by atoms with Gasteiger partial charge in [-0.25, -0.2) is 4.39 Å². The average molecular weight is 357 g/mol. The predicted octanol–water partition coefficient (Wildman–Crippen LogP) is 2.90. The Balaban J connectivity index is 1.67. The molecule has 1 fully saturated rings. The van der Waals surface area contributed by atoms with E-state index in [-0.39, 0.29) is 4.91 Å². The second-order valence-corrected chi connectivity index (χ2v) is 6.10. The van der Waals surface area contributed by atoms with Gasteiger partial charge in [-0.05, 0) is 59.8 Å². The monoisotopic (exact) mass is 357 g/mol. The summed E-state index contributed by atoms with van der Waals surface area (Å²) in [6.07, 6.45) is 4.73. The Morgan fingerprint density at radius 2 is 1.84 bits per heavy atom. The number of pyridine rings is 1. The number of halogens is 1. The highest BCUT2D eigenvalue weighted by Gasteiger charge is 2.36. The number of hydrogen-bond acceptors (Lipinski definition) is 5. The maximum Gasteiger partial charge on any atom is 0.294 e. The molecule has 1 aliphatic heterocycles. The second kappa shape index (κ2) is 7.27. The Morgan fingerprint density at radius 3 is 2.52 bits per heavy atom. The maximum atomic E-state index is 12.9. The van der Waals surface area contributed by atoms with Crippen molar-refractivity contribution in [2.75, 3.05) is 11.9 Å². The highest BCUT2D eigenvalue weighted by atomic mass is 32.2. The summed E-state index contributed by atoms with van der Waals surface area (Å²) in [5.41, 5.74) is 1.11. The summed E-state index contributed by atoms with van der Waals surface area (Å²) >= 11 is 0.775. The third-order valence-corrected chi connectivity index (χ3v) is 4.21. The van der Waals surface area contributed by atoms with Crippen LogP contribution >= 0.6 is 11.8 Å². The van der Waals surface area contributed by atoms with E-state index in [1.54, 1.807) is 30.6 Å². The van der Waals surface area contributed by atoms with Crippen LogP contribution in [0.3, 0.4) is 0 Å². The molecule has 0 saturated carbocycles. The summed E-state index contributed by atoms with van der Waals surface area (Å²) < 4.78 is 12.9. The number of nitrogens with zero attached hydrogens (tertiary/aromatic N) is 2. The summed E-state index contributed by atoms with van der Waals surface area (Å²) in [4.78, 5) is 41.3. The van der Waals surface area contributed by atoms with Crippen LogP contribution in [0.15, 0.2) is 53.7 Å². The number of benzene rings is 1. The molecule has 0 atom stereocenters. The van der Waals surface area contributed by atoms with E-state index < -0.39 is 29.4 Å². The number of thioether (sulfide) groups is 1. The average Bonchev–Trinajstić information content (AvgIpc) is 2.85. The van der Waals surface area contributed by atoms with Gasteiger partial charge in [0, 0.05) is 18.1 Å². The van der Waals surface area contributed by atoms with E-state index in [0.29, 0.717) is 5.69 Å². The van der Waals surface area contributed by atoms with Gasteiger partial charge in [-0.15, -0.1) is 0 Å². The Morgan fingerprint density at radius 1 is 1.16 bits per heavy atom. The molecule has 1 N–H and O–H groups in total. The molecule has 0 bridgehead atoms. The first-order chi connectivity index (χ1) is 12.0. The van der Waals surface area contributed by atoms with Crippen LogP contribution in [0.1, 0.15) is 5.56 Å². The van der Waals surface area contributed by atoms with Crippen LogP contribution < -0.4 is 5.32 Å². The van der Waals surface area contributed by atoms with Crippen molar-refractivity contribution in [3.63, 3.8) is 0 Å². The molecule has 25 heavy (non-hydrogen) atoms. The van der Waals surface area contributed by atoms with Crippen molar-refractivity contribution >= 4 is 40.6 Å². The molecule has 3 rings (SSSR count). The third-order valence-electron chi connectivity index (χ3n) is 3.31. The molecule has 1 aromatic heterocycles. The first-order valence-corrected chi connectivity index (χ1v) is 8.05. The molecule has 1 aliphatic rings. The lowest BCUT2D eigenvalue weighted by Crippen LogP contribution is -2.36. The highest BCUT2D eigenvalue weighted by Crippen LogP contribution is 2.31. The first kappa shape index (κ1) is 16.8. The number of aromatic nitrogens is 1. The minimum absolute atomic E-state index is 0.241. The van der Waals surface area contributed by atoms with Crippen LogP contribution in [0.2, 0.25) is 0 Å². The Bertz CT molecular complexity index is 853. The van der Waals surface area contributed by atoms with Crippen LogP contribution in [0.4, 0.5) is 14.9 Å². The molecular weight excluding hydrogens is 345 g/mol. The van der Waals surface area contributed by atoms with E-state index in [9.17, 15) is 18.8 Å². The minimum atomic E-state index is -0.543. The smallest absolute Gasteiger partial charge is 0.294 e. The number of nitrogens with one attached hydrogen (secondary N) is 1. The van der Waals surface area contributed by atoms with Gasteiger partial charge in [0.2, 0.25) is 5.91 Å². The molecular formula is C17H12FN3O3S. The van der Waals surface area contributed by atoms with Crippen molar-refractivity contribution in [3.8, 4) is 0 Å². The van der Waals surface area contributed by atoms with Crippen molar-refractivity contribution in [2.45, 2.75) is 0 Å². The summed E-state index contributed by atoms with van der Waals surface area (Å²) in [6, 6.07) is 8.60. The summed E-state index contributed by atoms with van der Waals surface area (Å²) in [5, 5.41) is 2.00. The lowest BCUT2D eigenvalue weighted by Gasteiger charge is -2.12.